The summed E-state index contributed by atoms with van der Waals surface area (Å²) in [5.74, 6) is -0.791. The van der Waals surface area contributed by atoms with Crippen molar-refractivity contribution in [2.75, 3.05) is 12.4 Å². The molecule has 2 atom stereocenters. The maximum Gasteiger partial charge on any atom is 0.325 e. The van der Waals surface area contributed by atoms with Crippen LogP contribution in [0.25, 0.3) is 0 Å². The van der Waals surface area contributed by atoms with Gasteiger partial charge in [-0.15, -0.1) is 0 Å². The first-order valence-corrected chi connectivity index (χ1v) is 9.96. The third-order valence-electron chi connectivity index (χ3n) is 5.10. The molecule has 2 aliphatic rings. The van der Waals surface area contributed by atoms with Crippen LogP contribution in [0.5, 0.6) is 0 Å². The number of hydrogen-bond acceptors (Lipinski definition) is 4. The SMILES string of the molecule is CN1C=C(C(=O)Nc2ccc(Cl)c(Cl)c2)C2NC(=O)N(Cc3ccccc3)C(=O)C21. The van der Waals surface area contributed by atoms with Crippen molar-refractivity contribution in [1.29, 1.82) is 0 Å². The molecule has 154 valence electrons. The number of fused-ring (bicyclic) bond motifs is 1. The lowest BCUT2D eigenvalue weighted by Gasteiger charge is -2.37. The Morgan fingerprint density at radius 2 is 1.83 bits per heavy atom. The zero-order valence-electron chi connectivity index (χ0n) is 15.9. The summed E-state index contributed by atoms with van der Waals surface area (Å²) in [6, 6.07) is 12.0. The Kier molecular flexibility index (Phi) is 5.40. The third kappa shape index (κ3) is 3.74. The van der Waals surface area contributed by atoms with E-state index in [0.717, 1.165) is 5.56 Å². The van der Waals surface area contributed by atoms with Gasteiger partial charge in [0.05, 0.1) is 28.2 Å². The van der Waals surface area contributed by atoms with E-state index in [2.05, 4.69) is 10.6 Å². The van der Waals surface area contributed by atoms with Gasteiger partial charge in [0.15, 0.2) is 0 Å². The second-order valence-corrected chi connectivity index (χ2v) is 7.93. The number of nitrogens with zero attached hydrogens (tertiary/aromatic N) is 2. The molecule has 2 aromatic carbocycles. The summed E-state index contributed by atoms with van der Waals surface area (Å²) in [7, 11) is 1.70. The van der Waals surface area contributed by atoms with E-state index in [4.69, 9.17) is 23.2 Å². The number of rotatable bonds is 4. The minimum absolute atomic E-state index is 0.160. The molecule has 30 heavy (non-hydrogen) atoms. The quantitative estimate of drug-likeness (QED) is 0.757. The lowest BCUT2D eigenvalue weighted by Crippen LogP contribution is -2.64. The van der Waals surface area contributed by atoms with Crippen molar-refractivity contribution in [3.63, 3.8) is 0 Å². The van der Waals surface area contributed by atoms with Crippen molar-refractivity contribution in [2.24, 2.45) is 0 Å². The van der Waals surface area contributed by atoms with Crippen LogP contribution in [0, 0.1) is 0 Å². The molecule has 1 saturated heterocycles. The van der Waals surface area contributed by atoms with Crippen molar-refractivity contribution in [2.45, 2.75) is 18.6 Å². The number of benzene rings is 2. The van der Waals surface area contributed by atoms with Crippen molar-refractivity contribution in [3.05, 3.63) is 75.9 Å². The molecule has 1 fully saturated rings. The summed E-state index contributed by atoms with van der Waals surface area (Å²) in [6.07, 6.45) is 1.58. The van der Waals surface area contributed by atoms with E-state index in [1.165, 1.54) is 11.0 Å². The average Bonchev–Trinajstić information content (AvgIpc) is 3.05. The molecule has 2 heterocycles. The molecule has 7 nitrogen and oxygen atoms in total. The van der Waals surface area contributed by atoms with Crippen LogP contribution in [0.3, 0.4) is 0 Å². The van der Waals surface area contributed by atoms with Crippen molar-refractivity contribution < 1.29 is 14.4 Å². The number of carbonyl (C=O) groups is 3. The molecule has 0 spiro atoms. The fourth-order valence-electron chi connectivity index (χ4n) is 3.62. The van der Waals surface area contributed by atoms with Gasteiger partial charge in [-0.2, -0.15) is 0 Å². The fraction of sp³-hybridized carbons (Fsp3) is 0.190. The van der Waals surface area contributed by atoms with Crippen LogP contribution in [-0.2, 0) is 16.1 Å². The highest BCUT2D eigenvalue weighted by molar-refractivity contribution is 6.42. The van der Waals surface area contributed by atoms with Gasteiger partial charge in [-0.25, -0.2) is 4.79 Å². The first-order chi connectivity index (χ1) is 14.3. The van der Waals surface area contributed by atoms with Gasteiger partial charge in [-0.05, 0) is 23.8 Å². The Bertz CT molecular complexity index is 1060. The van der Waals surface area contributed by atoms with E-state index in [1.54, 1.807) is 30.3 Å². The predicted molar refractivity (Wildman–Crippen MR) is 114 cm³/mol. The van der Waals surface area contributed by atoms with Crippen molar-refractivity contribution in [1.82, 2.24) is 15.1 Å². The van der Waals surface area contributed by atoms with Crippen LogP contribution < -0.4 is 10.6 Å². The molecule has 0 saturated carbocycles. The lowest BCUT2D eigenvalue weighted by atomic mass is 9.99. The van der Waals surface area contributed by atoms with Gasteiger partial charge in [0.25, 0.3) is 11.8 Å². The van der Waals surface area contributed by atoms with Gasteiger partial charge < -0.3 is 15.5 Å². The second-order valence-electron chi connectivity index (χ2n) is 7.11. The van der Waals surface area contributed by atoms with E-state index in [0.29, 0.717) is 15.7 Å². The maximum atomic E-state index is 13.1. The monoisotopic (exact) mass is 444 g/mol. The van der Waals surface area contributed by atoms with Crippen LogP contribution in [0.4, 0.5) is 10.5 Å². The smallest absolute Gasteiger partial charge is 0.325 e. The van der Waals surface area contributed by atoms with E-state index in [1.807, 2.05) is 30.3 Å². The number of likely N-dealkylation sites (N-methyl/N-ethyl adjacent to an activating group) is 1. The van der Waals surface area contributed by atoms with Crippen LogP contribution >= 0.6 is 23.2 Å². The number of hydrogen-bond donors (Lipinski definition) is 2. The number of amides is 4. The molecule has 4 rings (SSSR count). The molecule has 0 radical (unpaired) electrons. The molecule has 2 N–H and O–H groups in total. The maximum absolute atomic E-state index is 13.1. The molecule has 2 aromatic rings. The summed E-state index contributed by atoms with van der Waals surface area (Å²) in [4.78, 5) is 41.4. The van der Waals surface area contributed by atoms with Gasteiger partial charge in [0.1, 0.15) is 6.04 Å². The highest BCUT2D eigenvalue weighted by atomic mass is 35.5. The molecule has 0 bridgehead atoms. The van der Waals surface area contributed by atoms with Crippen LogP contribution in [-0.4, -0.2) is 46.8 Å². The molecule has 2 aliphatic heterocycles. The summed E-state index contributed by atoms with van der Waals surface area (Å²) in [5.41, 5.74) is 1.58. The molecule has 0 aliphatic carbocycles. The average molecular weight is 445 g/mol. The number of imide groups is 1. The van der Waals surface area contributed by atoms with E-state index in [-0.39, 0.29) is 18.0 Å². The Morgan fingerprint density at radius 3 is 2.53 bits per heavy atom. The molecule has 2 unspecified atom stereocenters. The first-order valence-electron chi connectivity index (χ1n) is 9.21. The normalized spacial score (nSPS) is 20.6. The van der Waals surface area contributed by atoms with Crippen LogP contribution in [0.1, 0.15) is 5.56 Å². The molecule has 4 amide bonds. The van der Waals surface area contributed by atoms with E-state index >= 15 is 0 Å². The van der Waals surface area contributed by atoms with Gasteiger partial charge in [0.2, 0.25) is 0 Å². The number of anilines is 1. The standard InChI is InChI=1S/C21H18Cl2N4O3/c1-26-11-14(19(28)24-13-7-8-15(22)16(23)9-13)17-18(26)20(29)27(21(30)25-17)10-12-5-3-2-4-6-12/h2-9,11,17-18H,10H2,1H3,(H,24,28)(H,25,30). The molecular formula is C21H18Cl2N4O3. The third-order valence-corrected chi connectivity index (χ3v) is 5.84. The van der Waals surface area contributed by atoms with Gasteiger partial charge in [-0.3, -0.25) is 14.5 Å². The van der Waals surface area contributed by atoms with E-state index in [9.17, 15) is 14.4 Å². The molecule has 9 heteroatoms. The Balaban J connectivity index is 1.52. The largest absolute Gasteiger partial charge is 0.366 e. The summed E-state index contributed by atoms with van der Waals surface area (Å²) >= 11 is 11.9. The van der Waals surface area contributed by atoms with Crippen molar-refractivity contribution >= 4 is 46.7 Å². The topological polar surface area (TPSA) is 81.8 Å². The number of halogens is 2. The Morgan fingerprint density at radius 1 is 1.10 bits per heavy atom. The zero-order chi connectivity index (χ0) is 21.4. The minimum atomic E-state index is -0.746. The minimum Gasteiger partial charge on any atom is -0.366 e. The fourth-order valence-corrected chi connectivity index (χ4v) is 3.92. The van der Waals surface area contributed by atoms with E-state index < -0.39 is 24.0 Å². The molecular weight excluding hydrogens is 427 g/mol. The zero-order valence-corrected chi connectivity index (χ0v) is 17.4. The highest BCUT2D eigenvalue weighted by Gasteiger charge is 2.49. The Labute approximate surface area is 183 Å². The second kappa shape index (κ2) is 8.01. The first kappa shape index (κ1) is 20.3. The predicted octanol–water partition coefficient (Wildman–Crippen LogP) is 3.25. The lowest BCUT2D eigenvalue weighted by molar-refractivity contribution is -0.134. The number of urea groups is 1. The molecule has 0 aromatic heterocycles. The highest BCUT2D eigenvalue weighted by Crippen LogP contribution is 2.29. The summed E-state index contributed by atoms with van der Waals surface area (Å²) in [6.45, 7) is 0.160. The number of nitrogens with one attached hydrogen (secondary N) is 2. The van der Waals surface area contributed by atoms with Crippen molar-refractivity contribution in [3.8, 4) is 0 Å². The summed E-state index contributed by atoms with van der Waals surface area (Å²) < 4.78 is 0. The summed E-state index contributed by atoms with van der Waals surface area (Å²) in [5, 5.41) is 6.21. The van der Waals surface area contributed by atoms with Gasteiger partial charge in [0, 0.05) is 18.9 Å². The number of carbonyl (C=O) groups excluding carboxylic acids is 3. The van der Waals surface area contributed by atoms with Gasteiger partial charge >= 0.3 is 6.03 Å². The Hall–Kier alpha value is -3.03. The van der Waals surface area contributed by atoms with Gasteiger partial charge in [-0.1, -0.05) is 53.5 Å². The van der Waals surface area contributed by atoms with Crippen LogP contribution in [0.2, 0.25) is 10.0 Å². The van der Waals surface area contributed by atoms with Crippen LogP contribution in [0.15, 0.2) is 60.3 Å².